The maximum atomic E-state index is 10.6. The number of aliphatic hydroxyl groups is 1. The number of likely N-dealkylation sites (N-methyl/N-ethyl adjacent to an activating group) is 1. The number of benzene rings is 2. The van der Waals surface area contributed by atoms with Crippen molar-refractivity contribution >= 4 is 10.9 Å². The Labute approximate surface area is 195 Å². The van der Waals surface area contributed by atoms with Crippen LogP contribution in [0.1, 0.15) is 49.3 Å². The average Bonchev–Trinajstić information content (AvgIpc) is 3.53. The third-order valence-corrected chi connectivity index (χ3v) is 7.37. The zero-order valence-electron chi connectivity index (χ0n) is 19.3. The quantitative estimate of drug-likeness (QED) is 0.406. The lowest BCUT2D eigenvalue weighted by Crippen LogP contribution is -2.37. The first-order valence-electron chi connectivity index (χ1n) is 12.1. The normalized spacial score (nSPS) is 19.8. The molecule has 2 aromatic carbocycles. The second-order valence-electron chi connectivity index (χ2n) is 9.49. The Balaban J connectivity index is 1.13. The topological polar surface area (TPSA) is 70.0 Å². The van der Waals surface area contributed by atoms with Gasteiger partial charge in [-0.3, -0.25) is 4.57 Å². The van der Waals surface area contributed by atoms with Gasteiger partial charge in [0, 0.05) is 35.4 Å². The first-order chi connectivity index (χ1) is 16.2. The highest BCUT2D eigenvalue weighted by atomic mass is 16.3. The van der Waals surface area contributed by atoms with Gasteiger partial charge in [-0.1, -0.05) is 30.3 Å². The van der Waals surface area contributed by atoms with Gasteiger partial charge in [-0.15, -0.1) is 10.2 Å². The minimum atomic E-state index is -0.418. The van der Waals surface area contributed by atoms with E-state index in [1.54, 1.807) is 12.7 Å². The molecule has 4 aromatic rings. The molecule has 33 heavy (non-hydrogen) atoms. The summed E-state index contributed by atoms with van der Waals surface area (Å²) >= 11 is 0. The molecule has 2 heterocycles. The van der Waals surface area contributed by atoms with Crippen molar-refractivity contribution in [2.24, 2.45) is 5.92 Å². The number of hydrogen-bond donors (Lipinski definition) is 2. The van der Waals surface area contributed by atoms with Crippen LogP contribution < -0.4 is 0 Å². The van der Waals surface area contributed by atoms with E-state index in [4.69, 9.17) is 0 Å². The molecule has 6 nitrogen and oxygen atoms in total. The third-order valence-electron chi connectivity index (χ3n) is 7.37. The van der Waals surface area contributed by atoms with Crippen molar-refractivity contribution in [2.45, 2.75) is 50.7 Å². The van der Waals surface area contributed by atoms with Crippen molar-refractivity contribution in [1.29, 1.82) is 0 Å². The molecule has 0 radical (unpaired) electrons. The molecule has 0 spiro atoms. The summed E-state index contributed by atoms with van der Waals surface area (Å²) in [4.78, 5) is 5.79. The lowest BCUT2D eigenvalue weighted by Gasteiger charge is -2.35. The zero-order chi connectivity index (χ0) is 22.6. The van der Waals surface area contributed by atoms with Crippen LogP contribution in [0.3, 0.4) is 0 Å². The number of aromatic amines is 1. The van der Waals surface area contributed by atoms with E-state index in [1.165, 1.54) is 48.6 Å². The number of aromatic nitrogens is 4. The second-order valence-corrected chi connectivity index (χ2v) is 9.49. The predicted molar refractivity (Wildman–Crippen MR) is 131 cm³/mol. The monoisotopic (exact) mass is 443 g/mol. The van der Waals surface area contributed by atoms with Gasteiger partial charge in [-0.2, -0.15) is 0 Å². The molecule has 2 aromatic heterocycles. The van der Waals surface area contributed by atoms with Crippen LogP contribution in [0.5, 0.6) is 0 Å². The number of nitrogens with zero attached hydrogens (tertiary/aromatic N) is 4. The highest BCUT2D eigenvalue weighted by Gasteiger charge is 2.25. The van der Waals surface area contributed by atoms with Crippen LogP contribution in [0.4, 0.5) is 0 Å². The van der Waals surface area contributed by atoms with Gasteiger partial charge in [0.2, 0.25) is 0 Å². The maximum absolute atomic E-state index is 10.6. The molecule has 2 N–H and O–H groups in total. The van der Waals surface area contributed by atoms with E-state index in [1.807, 2.05) is 34.9 Å². The Morgan fingerprint density at radius 3 is 2.58 bits per heavy atom. The first kappa shape index (κ1) is 21.9. The number of aryl methyl sites for hydroxylation is 1. The van der Waals surface area contributed by atoms with Crippen molar-refractivity contribution < 1.29 is 5.11 Å². The van der Waals surface area contributed by atoms with Crippen molar-refractivity contribution in [3.8, 4) is 5.69 Å². The van der Waals surface area contributed by atoms with Crippen LogP contribution in [-0.2, 0) is 6.42 Å². The molecule has 0 amide bonds. The van der Waals surface area contributed by atoms with Gasteiger partial charge in [0.05, 0.1) is 6.10 Å². The van der Waals surface area contributed by atoms with Gasteiger partial charge in [-0.05, 0) is 80.8 Å². The second kappa shape index (κ2) is 9.89. The van der Waals surface area contributed by atoms with Crippen LogP contribution in [0.15, 0.2) is 67.4 Å². The van der Waals surface area contributed by atoms with Gasteiger partial charge in [0.15, 0.2) is 0 Å². The highest BCUT2D eigenvalue weighted by molar-refractivity contribution is 5.85. The minimum Gasteiger partial charge on any atom is -0.387 e. The molecule has 172 valence electrons. The molecule has 0 bridgehead atoms. The summed E-state index contributed by atoms with van der Waals surface area (Å²) < 4.78 is 1.95. The minimum absolute atomic E-state index is 0.418. The van der Waals surface area contributed by atoms with Gasteiger partial charge < -0.3 is 15.0 Å². The van der Waals surface area contributed by atoms with Crippen LogP contribution in [0.2, 0.25) is 0 Å². The Hall–Kier alpha value is -2.96. The SMILES string of the molecule is CN(CC(O)c1ccccc1)C1CCC(CCc2c[nH]c3ccc(-n4cnnc4)cc23)CC1. The molecule has 6 heteroatoms. The Bertz CT molecular complexity index is 1150. The van der Waals surface area contributed by atoms with E-state index >= 15 is 0 Å². The van der Waals surface area contributed by atoms with Crippen molar-refractivity contribution in [1.82, 2.24) is 24.6 Å². The molecule has 1 fully saturated rings. The molecule has 1 aliphatic carbocycles. The lowest BCUT2D eigenvalue weighted by atomic mass is 9.82. The molecular weight excluding hydrogens is 410 g/mol. The summed E-state index contributed by atoms with van der Waals surface area (Å²) in [7, 11) is 2.16. The van der Waals surface area contributed by atoms with Gasteiger partial charge in [-0.25, -0.2) is 0 Å². The average molecular weight is 444 g/mol. The predicted octanol–water partition coefficient (Wildman–Crippen LogP) is 4.91. The summed E-state index contributed by atoms with van der Waals surface area (Å²) in [5.74, 6) is 0.777. The molecule has 1 saturated carbocycles. The van der Waals surface area contributed by atoms with Crippen LogP contribution in [-0.4, -0.2) is 49.4 Å². The van der Waals surface area contributed by atoms with E-state index in [0.29, 0.717) is 12.6 Å². The summed E-state index contributed by atoms with van der Waals surface area (Å²) in [5, 5.41) is 19.7. The summed E-state index contributed by atoms with van der Waals surface area (Å²) in [6.07, 6.45) is 12.5. The molecule has 0 aliphatic heterocycles. The third kappa shape index (κ3) is 5.02. The van der Waals surface area contributed by atoms with Crippen LogP contribution >= 0.6 is 0 Å². The van der Waals surface area contributed by atoms with Crippen LogP contribution in [0.25, 0.3) is 16.6 Å². The highest BCUT2D eigenvalue weighted by Crippen LogP contribution is 2.32. The fourth-order valence-electron chi connectivity index (χ4n) is 5.30. The maximum Gasteiger partial charge on any atom is 0.123 e. The number of aliphatic hydroxyl groups excluding tert-OH is 1. The summed E-state index contributed by atoms with van der Waals surface area (Å²) in [6.45, 7) is 0.698. The number of hydrogen-bond acceptors (Lipinski definition) is 4. The Morgan fingerprint density at radius 2 is 1.82 bits per heavy atom. The molecular formula is C27H33N5O. The molecule has 1 unspecified atom stereocenters. The van der Waals surface area contributed by atoms with E-state index in [-0.39, 0.29) is 0 Å². The van der Waals surface area contributed by atoms with E-state index in [0.717, 1.165) is 23.6 Å². The van der Waals surface area contributed by atoms with Crippen LogP contribution in [0, 0.1) is 5.92 Å². The standard InChI is InChI=1S/C27H33N5O/c1-31(17-27(33)21-5-3-2-4-6-21)23-11-8-20(9-12-23)7-10-22-16-28-26-14-13-24(15-25(22)26)32-18-29-30-19-32/h2-6,13-16,18-20,23,27-28,33H,7-12,17H2,1H3. The molecule has 5 rings (SSSR count). The summed E-state index contributed by atoms with van der Waals surface area (Å²) in [6, 6.07) is 17.0. The number of rotatable bonds is 8. The first-order valence-corrected chi connectivity index (χ1v) is 12.1. The smallest absolute Gasteiger partial charge is 0.123 e. The molecule has 1 aliphatic rings. The number of nitrogens with one attached hydrogen (secondary N) is 1. The molecule has 0 saturated heterocycles. The van der Waals surface area contributed by atoms with E-state index in [9.17, 15) is 5.11 Å². The number of fused-ring (bicyclic) bond motifs is 1. The Kier molecular flexibility index (Phi) is 6.55. The summed E-state index contributed by atoms with van der Waals surface area (Å²) in [5.41, 5.74) is 4.67. The largest absolute Gasteiger partial charge is 0.387 e. The van der Waals surface area contributed by atoms with Gasteiger partial charge >= 0.3 is 0 Å². The number of H-pyrrole nitrogens is 1. The van der Waals surface area contributed by atoms with E-state index in [2.05, 4.69) is 51.5 Å². The molecule has 1 atom stereocenters. The van der Waals surface area contributed by atoms with E-state index < -0.39 is 6.10 Å². The van der Waals surface area contributed by atoms with Gasteiger partial charge in [0.1, 0.15) is 12.7 Å². The zero-order valence-corrected chi connectivity index (χ0v) is 19.3. The fourth-order valence-corrected chi connectivity index (χ4v) is 5.30. The van der Waals surface area contributed by atoms with Crippen molar-refractivity contribution in [3.63, 3.8) is 0 Å². The lowest BCUT2D eigenvalue weighted by molar-refractivity contribution is 0.0836. The fraction of sp³-hybridized carbons (Fsp3) is 0.407. The van der Waals surface area contributed by atoms with Crippen molar-refractivity contribution in [3.05, 3.63) is 78.5 Å². The Morgan fingerprint density at radius 1 is 1.06 bits per heavy atom. The van der Waals surface area contributed by atoms with Gasteiger partial charge in [0.25, 0.3) is 0 Å². The van der Waals surface area contributed by atoms with Crippen molar-refractivity contribution in [2.75, 3.05) is 13.6 Å².